The van der Waals surface area contributed by atoms with E-state index in [9.17, 15) is 14.4 Å². The fourth-order valence-electron chi connectivity index (χ4n) is 16.5. The molecule has 8 atom stereocenters. The molecule has 137 heavy (non-hydrogen) atoms. The van der Waals surface area contributed by atoms with E-state index < -0.39 is 173 Å². The van der Waals surface area contributed by atoms with Crippen molar-refractivity contribution in [2.45, 2.75) is 162 Å². The van der Waals surface area contributed by atoms with Crippen molar-refractivity contribution in [1.29, 1.82) is 0 Å². The van der Waals surface area contributed by atoms with Gasteiger partial charge >= 0.3 is 0 Å². The molecule has 32 heteroatoms. The molecule has 0 aromatic heterocycles. The Morgan fingerprint density at radius 2 is 0.416 bits per heavy atom. The molecule has 736 valence electrons. The second-order valence-corrected chi connectivity index (χ2v) is 36.5. The minimum Gasteiger partial charge on any atom is -0.332 e. The monoisotopic (exact) mass is 1950 g/mol. The predicted molar refractivity (Wildman–Crippen MR) is 539 cm³/mol. The molecule has 11 amide bonds. The van der Waals surface area contributed by atoms with Gasteiger partial charge in [0.25, 0.3) is 0 Å². The molecular weight excluding hydrogens is 1820 g/mol. The summed E-state index contributed by atoms with van der Waals surface area (Å²) < 4.78 is 0. The zero-order chi connectivity index (χ0) is 99.8. The molecule has 0 bridgehead atoms. The van der Waals surface area contributed by atoms with Gasteiger partial charge in [-0.15, -0.1) is 0 Å². The molecule has 0 aliphatic rings. The Kier molecular flexibility index (Phi) is 46.2. The van der Waals surface area contributed by atoms with E-state index in [1.807, 2.05) is 67.6 Å². The molecule has 8 rings (SSSR count). The molecule has 0 radical (unpaired) electrons. The number of hydrogen-bond acceptors (Lipinski definition) is 17. The number of halogens is 4. The third-order valence-electron chi connectivity index (χ3n) is 25.1. The number of carbonyl (C=O) groups excluding carboxylic acids is 12. The molecule has 0 aliphatic carbocycles. The SMILES string of the molecule is CC(=O)CN(C(=O)CN(C(=O)CN(CCCCN)C(=O)CN(C(=O)CN(C(=O)CN(CCCCN)C(=O)CN(C(=O)CN(C(=O)CN(CCCCN)C(=O)CN(C(=O)CN(C(=O)CNCCCCN)[C@H](C)c1ccc(Cl)cc1)[C@H](C)c1ccccc1)[C@H](C)c1ccc(Cl)cc1)[C@H](C)c1ccccc1)[C@H](C)c1ccc(Cl)cc1)[C@H](C)c1ccccc1)[C@H](C)c1ccc(Cl)cc1)[C@H](C)c1ccccc1. The van der Waals surface area contributed by atoms with Crippen LogP contribution < -0.4 is 28.3 Å². The van der Waals surface area contributed by atoms with Crippen LogP contribution in [0.25, 0.3) is 0 Å². The lowest BCUT2D eigenvalue weighted by Crippen LogP contribution is -2.54. The standard InChI is InChI=1S/C105H136Cl4N16O12/c1-74(126)63-118(75(2)83-30-14-10-15-31-83)102(134)71-123(80(7)88-40-48-92(107)49-41-88)99(131)64-115(59-27-23-55-111)97(129)68-121(77(4)85-34-18-12-19-35-85)104(136)73-125(82(9)90-44-52-94(109)53-45-90)101(133)66-117(61-29-25-57-113)98(130)69-122(78(5)86-36-20-13-21-37-86)105(137)72-124(81(8)89-42-50-93(108)51-43-89)100(132)65-116(60-28-24-56-112)96(128)67-120(76(3)84-32-16-11-17-33-84)103(135)70-119(95(127)62-114-58-26-22-54-110)79(6)87-38-46-91(106)47-39-87/h10-21,30-53,75-82,114H,22-29,54-73,110-113H2,1-9H3/t75-,76-,77-,78-,79-,80-,81-,82-/m1/s1. The maximum atomic E-state index is 16.1. The Morgan fingerprint density at radius 1 is 0.234 bits per heavy atom. The first-order valence-electron chi connectivity index (χ1n) is 47.1. The van der Waals surface area contributed by atoms with Crippen molar-refractivity contribution in [3.8, 4) is 0 Å². The summed E-state index contributed by atoms with van der Waals surface area (Å²) in [5.74, 6) is -7.18. The van der Waals surface area contributed by atoms with Gasteiger partial charge in [0, 0.05) is 39.7 Å². The minimum absolute atomic E-state index is 0.00618. The van der Waals surface area contributed by atoms with Crippen LogP contribution in [0.15, 0.2) is 218 Å². The molecule has 0 fully saturated rings. The summed E-state index contributed by atoms with van der Waals surface area (Å²) in [6, 6.07) is 57.0. The van der Waals surface area contributed by atoms with Gasteiger partial charge in [-0.3, -0.25) is 57.5 Å². The molecule has 8 aromatic carbocycles. The van der Waals surface area contributed by atoms with Crippen LogP contribution >= 0.6 is 46.4 Å². The molecule has 0 saturated carbocycles. The van der Waals surface area contributed by atoms with Gasteiger partial charge in [0.15, 0.2) is 0 Å². The molecule has 0 unspecified atom stereocenters. The number of unbranched alkanes of at least 4 members (excludes halogenated alkanes) is 4. The highest BCUT2D eigenvalue weighted by Crippen LogP contribution is 2.33. The zero-order valence-electron chi connectivity index (χ0n) is 80.3. The Bertz CT molecular complexity index is 5180. The van der Waals surface area contributed by atoms with E-state index in [2.05, 4.69) is 5.32 Å². The van der Waals surface area contributed by atoms with E-state index >= 15 is 43.2 Å². The normalized spacial score (nSPS) is 12.9. The number of benzene rings is 8. The third-order valence-corrected chi connectivity index (χ3v) is 26.1. The minimum atomic E-state index is -0.931. The molecule has 0 spiro atoms. The first-order chi connectivity index (χ1) is 65.7. The Hall–Kier alpha value is -11.4. The highest BCUT2D eigenvalue weighted by molar-refractivity contribution is 6.31. The summed E-state index contributed by atoms with van der Waals surface area (Å²) in [7, 11) is 0. The van der Waals surface area contributed by atoms with Gasteiger partial charge in [-0.2, -0.15) is 0 Å². The largest absolute Gasteiger partial charge is 0.332 e. The van der Waals surface area contributed by atoms with Crippen LogP contribution in [-0.4, -0.2) is 256 Å². The first kappa shape index (κ1) is 111. The topological polar surface area (TPSA) is 357 Å². The summed E-state index contributed by atoms with van der Waals surface area (Å²) in [6.07, 6.45) is 3.69. The number of hydrogen-bond donors (Lipinski definition) is 5. The predicted octanol–water partition coefficient (Wildman–Crippen LogP) is 13.9. The van der Waals surface area contributed by atoms with Crippen LogP contribution in [0, 0.1) is 0 Å². The lowest BCUT2D eigenvalue weighted by Gasteiger charge is -2.38. The Labute approximate surface area is 827 Å². The van der Waals surface area contributed by atoms with Gasteiger partial charge in [0.05, 0.1) is 81.1 Å². The number of Topliss-reactive ketones (excluding diaryl/α,β-unsaturated/α-hetero) is 1. The maximum absolute atomic E-state index is 16.1. The summed E-state index contributed by atoms with van der Waals surface area (Å²) in [5, 5.41) is 4.88. The highest BCUT2D eigenvalue weighted by Gasteiger charge is 2.40. The summed E-state index contributed by atoms with van der Waals surface area (Å²) in [6.45, 7) is 10.7. The van der Waals surface area contributed by atoms with Gasteiger partial charge in [-0.05, 0) is 239 Å². The van der Waals surface area contributed by atoms with Crippen molar-refractivity contribution >= 4 is 117 Å². The number of amides is 11. The van der Waals surface area contributed by atoms with Crippen LogP contribution in [0.5, 0.6) is 0 Å². The fraction of sp³-hybridized carbons (Fsp3) is 0.429. The average Bonchev–Trinajstić information content (AvgIpc) is 0.831. The number of nitrogens with two attached hydrogens (primary N) is 4. The van der Waals surface area contributed by atoms with Crippen molar-refractivity contribution in [3.05, 3.63) is 283 Å². The van der Waals surface area contributed by atoms with E-state index in [0.29, 0.717) is 104 Å². The van der Waals surface area contributed by atoms with E-state index in [1.165, 1.54) is 60.8 Å². The zero-order valence-corrected chi connectivity index (χ0v) is 83.4. The number of rotatable bonds is 56. The van der Waals surface area contributed by atoms with Gasteiger partial charge in [0.1, 0.15) is 51.6 Å². The van der Waals surface area contributed by atoms with E-state index in [1.54, 1.807) is 206 Å². The van der Waals surface area contributed by atoms with Gasteiger partial charge in [0.2, 0.25) is 65.0 Å². The lowest BCUT2D eigenvalue weighted by atomic mass is 10.0. The second-order valence-electron chi connectivity index (χ2n) is 34.7. The summed E-state index contributed by atoms with van der Waals surface area (Å²) in [5.41, 5.74) is 29.2. The Balaban J connectivity index is 1.13. The number of nitrogens with one attached hydrogen (secondary N) is 1. The summed E-state index contributed by atoms with van der Waals surface area (Å²) >= 11 is 25.8. The van der Waals surface area contributed by atoms with E-state index in [0.717, 1.165) is 18.4 Å². The number of ketones is 1. The van der Waals surface area contributed by atoms with Crippen LogP contribution in [0.3, 0.4) is 0 Å². The number of nitrogens with zero attached hydrogens (tertiary/aromatic N) is 11. The van der Waals surface area contributed by atoms with Crippen LogP contribution in [0.1, 0.15) is 207 Å². The molecule has 0 heterocycles. The molecule has 0 saturated heterocycles. The smallest absolute Gasteiger partial charge is 0.243 e. The quantitative estimate of drug-likeness (QED) is 0.0221. The van der Waals surface area contributed by atoms with Gasteiger partial charge in [-0.25, -0.2) is 0 Å². The molecule has 28 nitrogen and oxygen atoms in total. The second kappa shape index (κ2) is 57.1. The Morgan fingerprint density at radius 3 is 0.628 bits per heavy atom. The summed E-state index contributed by atoms with van der Waals surface area (Å²) in [4.78, 5) is 200. The van der Waals surface area contributed by atoms with Gasteiger partial charge in [-0.1, -0.05) is 216 Å². The highest BCUT2D eigenvalue weighted by atomic mass is 35.5. The maximum Gasteiger partial charge on any atom is 0.243 e. The van der Waals surface area contributed by atoms with E-state index in [4.69, 9.17) is 69.3 Å². The molecule has 0 aliphatic heterocycles. The van der Waals surface area contributed by atoms with Crippen molar-refractivity contribution in [2.75, 3.05) is 131 Å². The van der Waals surface area contributed by atoms with Crippen molar-refractivity contribution in [3.63, 3.8) is 0 Å². The third kappa shape index (κ3) is 34.0. The molecule has 8 aromatic rings. The van der Waals surface area contributed by atoms with Crippen LogP contribution in [0.4, 0.5) is 0 Å². The van der Waals surface area contributed by atoms with Crippen molar-refractivity contribution in [2.24, 2.45) is 22.9 Å². The van der Waals surface area contributed by atoms with E-state index in [-0.39, 0.29) is 70.5 Å². The van der Waals surface area contributed by atoms with Crippen LogP contribution in [0.2, 0.25) is 20.1 Å². The van der Waals surface area contributed by atoms with Crippen LogP contribution in [-0.2, 0) is 57.5 Å². The fourth-order valence-corrected chi connectivity index (χ4v) is 17.0. The van der Waals surface area contributed by atoms with Crippen molar-refractivity contribution < 1.29 is 57.5 Å². The van der Waals surface area contributed by atoms with Crippen molar-refractivity contribution in [1.82, 2.24) is 59.2 Å². The average molecular weight is 1960 g/mol. The molecular formula is C105H136Cl4N16O12. The van der Waals surface area contributed by atoms with Gasteiger partial charge < -0.3 is 82.2 Å². The first-order valence-corrected chi connectivity index (χ1v) is 48.6. The molecule has 9 N–H and O–H groups in total. The number of carbonyl (C=O) groups is 12. The lowest BCUT2D eigenvalue weighted by molar-refractivity contribution is -0.152.